The molecule has 0 spiro atoms. The first-order chi connectivity index (χ1) is 14.1. The second kappa shape index (κ2) is 6.42. The van der Waals surface area contributed by atoms with Gasteiger partial charge in [0.1, 0.15) is 78.5 Å². The van der Waals surface area contributed by atoms with Crippen LogP contribution in [-0.2, 0) is 0 Å². The molecular weight excluding hydrogens is 370 g/mol. The van der Waals surface area contributed by atoms with Crippen molar-refractivity contribution in [2.24, 2.45) is 0 Å². The Bertz CT molecular complexity index is 1480. The van der Waals surface area contributed by atoms with E-state index in [-0.39, 0.29) is 38.2 Å². The number of thiophene rings is 1. The number of hydrogen-bond acceptors (Lipinski definition) is 1. The minimum atomic E-state index is 0.185. The van der Waals surface area contributed by atoms with E-state index in [1.807, 2.05) is 0 Å². The fraction of sp³-hybridized carbons (Fsp3) is 0. The number of fused-ring (bicyclic) bond motifs is 7. The Labute approximate surface area is 191 Å². The van der Waals surface area contributed by atoms with Crippen LogP contribution >= 0.6 is 11.3 Å². The summed E-state index contributed by atoms with van der Waals surface area (Å²) in [5, 5.41) is 2.37. The third kappa shape index (κ3) is 2.27. The van der Waals surface area contributed by atoms with E-state index in [4.69, 9.17) is 78.5 Å². The van der Waals surface area contributed by atoms with E-state index in [1.54, 1.807) is 0 Å². The van der Waals surface area contributed by atoms with Crippen molar-refractivity contribution < 1.29 is 0 Å². The number of aromatic amines is 1. The van der Waals surface area contributed by atoms with Gasteiger partial charge in [-0.2, -0.15) is 0 Å². The van der Waals surface area contributed by atoms with Crippen LogP contribution in [-0.4, -0.2) is 83.4 Å². The van der Waals surface area contributed by atoms with Crippen molar-refractivity contribution in [2.45, 2.75) is 0 Å². The van der Waals surface area contributed by atoms with E-state index >= 15 is 0 Å². The molecule has 0 atom stereocenters. The number of benzene rings is 3. The lowest BCUT2D eigenvalue weighted by atomic mass is 9.64. The molecule has 0 amide bonds. The fourth-order valence-electron chi connectivity index (χ4n) is 4.10. The Hall–Kier alpha value is -1.67. The quantitative estimate of drug-likeness (QED) is 0.261. The van der Waals surface area contributed by atoms with Crippen molar-refractivity contribution in [3.8, 4) is 0 Å². The van der Waals surface area contributed by atoms with Gasteiger partial charge in [-0.3, -0.25) is 0 Å². The lowest BCUT2D eigenvalue weighted by molar-refractivity contribution is 1.60. The zero-order chi connectivity index (χ0) is 21.8. The van der Waals surface area contributed by atoms with Crippen LogP contribution in [0.3, 0.4) is 0 Å². The first kappa shape index (κ1) is 20.2. The second-order valence-electron chi connectivity index (χ2n) is 7.27. The highest BCUT2D eigenvalue weighted by Crippen LogP contribution is 2.35. The third-order valence-electron chi connectivity index (χ3n) is 5.76. The summed E-state index contributed by atoms with van der Waals surface area (Å²) in [7, 11) is 62.2. The van der Waals surface area contributed by atoms with Crippen LogP contribution < -0.4 is 54.6 Å². The Kier molecular flexibility index (Phi) is 4.33. The van der Waals surface area contributed by atoms with Crippen molar-refractivity contribution in [3.63, 3.8) is 0 Å². The van der Waals surface area contributed by atoms with Gasteiger partial charge in [0.2, 0.25) is 0 Å². The van der Waals surface area contributed by atoms with Crippen LogP contribution in [0.25, 0.3) is 42.0 Å². The normalized spacial score (nSPS) is 12.0. The summed E-state index contributed by atoms with van der Waals surface area (Å²) in [6.45, 7) is 0. The van der Waals surface area contributed by atoms with Gasteiger partial charge < -0.3 is 4.98 Å². The molecule has 1 N–H and O–H groups in total. The lowest BCUT2D eigenvalue weighted by Gasteiger charge is -2.15. The first-order valence-corrected chi connectivity index (χ1v) is 9.61. The molecule has 5 rings (SSSR count). The van der Waals surface area contributed by atoms with Crippen molar-refractivity contribution in [3.05, 3.63) is 0 Å². The molecule has 114 valence electrons. The summed E-state index contributed by atoms with van der Waals surface area (Å²) in [5.41, 5.74) is 3.74. The lowest BCUT2D eigenvalue weighted by Crippen LogP contribution is -2.48. The monoisotopic (exact) mass is 373 g/mol. The number of nitrogens with one attached hydrogen (secondary N) is 1. The van der Waals surface area contributed by atoms with E-state index in [9.17, 15) is 0 Å². The molecule has 2 aromatic heterocycles. The predicted molar refractivity (Wildman–Crippen MR) is 143 cm³/mol. The van der Waals surface area contributed by atoms with Gasteiger partial charge in [0, 0.05) is 15.6 Å². The molecule has 12 heteroatoms. The zero-order valence-electron chi connectivity index (χ0n) is 15.7. The Morgan fingerprint density at radius 3 is 1.40 bits per heavy atom. The summed E-state index contributed by atoms with van der Waals surface area (Å²) >= 11 is 1.36. The maximum Gasteiger partial charge on any atom is 0.115 e. The van der Waals surface area contributed by atoms with Crippen LogP contribution in [0.2, 0.25) is 0 Å². The van der Waals surface area contributed by atoms with Crippen molar-refractivity contribution >= 4 is 186 Å². The minimum Gasteiger partial charge on any atom is -0.354 e. The Morgan fingerprint density at radius 1 is 0.367 bits per heavy atom. The van der Waals surface area contributed by atoms with Crippen LogP contribution in [0, 0.1) is 0 Å². The minimum absolute atomic E-state index is 0.185. The molecule has 5 aromatic rings. The molecule has 0 aliphatic carbocycles. The van der Waals surface area contributed by atoms with E-state index in [0.29, 0.717) is 53.7 Å². The number of aromatic nitrogens is 1. The van der Waals surface area contributed by atoms with Crippen LogP contribution in [0.1, 0.15) is 0 Å². The molecule has 2 heterocycles. The largest absolute Gasteiger partial charge is 0.354 e. The van der Waals surface area contributed by atoms with Crippen LogP contribution in [0.15, 0.2) is 0 Å². The molecule has 0 fully saturated rings. The van der Waals surface area contributed by atoms with Crippen LogP contribution in [0.4, 0.5) is 0 Å². The molecule has 20 radical (unpaired) electrons. The summed E-state index contributed by atoms with van der Waals surface area (Å²) in [4.78, 5) is 3.29. The zero-order valence-corrected chi connectivity index (χ0v) is 16.5. The Balaban J connectivity index is 2.16. The van der Waals surface area contributed by atoms with Crippen molar-refractivity contribution in [1.82, 2.24) is 4.98 Å². The van der Waals surface area contributed by atoms with Gasteiger partial charge in [-0.25, -0.2) is 0 Å². The summed E-state index contributed by atoms with van der Waals surface area (Å²) in [5.74, 6) is 0. The van der Waals surface area contributed by atoms with Gasteiger partial charge in [0.15, 0.2) is 0 Å². The SMILES string of the molecule is [B]c1c([B])c([B])c2c([nH]c3c4sc5c([B])c([B])c([B])c([B])c5c4c([B])c([B])c32)c1[B]. The molecule has 0 unspecified atom stereocenters. The topological polar surface area (TPSA) is 15.8 Å². The van der Waals surface area contributed by atoms with Gasteiger partial charge >= 0.3 is 0 Å². The van der Waals surface area contributed by atoms with Crippen molar-refractivity contribution in [1.29, 1.82) is 0 Å². The molecule has 0 aliphatic heterocycles. The van der Waals surface area contributed by atoms with Crippen molar-refractivity contribution in [2.75, 3.05) is 0 Å². The van der Waals surface area contributed by atoms with E-state index in [0.717, 1.165) is 4.70 Å². The van der Waals surface area contributed by atoms with Gasteiger partial charge in [-0.05, 0) is 16.2 Å². The average molecular weight is 371 g/mol. The maximum atomic E-state index is 6.48. The molecule has 0 saturated heterocycles. The van der Waals surface area contributed by atoms with Gasteiger partial charge in [0.25, 0.3) is 0 Å². The van der Waals surface area contributed by atoms with E-state index in [1.165, 1.54) is 11.3 Å². The molecule has 1 nitrogen and oxygen atoms in total. The Morgan fingerprint density at radius 2 is 0.767 bits per heavy atom. The third-order valence-corrected chi connectivity index (χ3v) is 7.00. The summed E-state index contributed by atoms with van der Waals surface area (Å²) < 4.78 is 1.41. The van der Waals surface area contributed by atoms with Gasteiger partial charge in [-0.15, -0.1) is 33.2 Å². The molecule has 0 saturated carbocycles. The van der Waals surface area contributed by atoms with Gasteiger partial charge in [-0.1, -0.05) is 32.8 Å². The number of H-pyrrole nitrogens is 1. The molecule has 30 heavy (non-hydrogen) atoms. The highest BCUT2D eigenvalue weighted by Gasteiger charge is 2.22. The smallest absolute Gasteiger partial charge is 0.115 e. The van der Waals surface area contributed by atoms with E-state index in [2.05, 4.69) is 4.98 Å². The summed E-state index contributed by atoms with van der Waals surface area (Å²) in [6, 6.07) is 0. The number of hydrogen-bond donors (Lipinski definition) is 1. The molecule has 3 aromatic carbocycles. The highest BCUT2D eigenvalue weighted by atomic mass is 32.1. The summed E-state index contributed by atoms with van der Waals surface area (Å²) in [6.07, 6.45) is 0. The first-order valence-electron chi connectivity index (χ1n) is 8.79. The van der Waals surface area contributed by atoms with Gasteiger partial charge in [0.05, 0.1) is 10.2 Å². The predicted octanol–water partition coefficient (Wildman–Crippen LogP) is -6.37. The van der Waals surface area contributed by atoms with E-state index < -0.39 is 0 Å². The molecule has 0 bridgehead atoms. The highest BCUT2D eigenvalue weighted by molar-refractivity contribution is 7.28. The number of rotatable bonds is 0. The second-order valence-corrected chi connectivity index (χ2v) is 8.29. The maximum absolute atomic E-state index is 6.48. The average Bonchev–Trinajstić information content (AvgIpc) is 3.31. The standard InChI is InChI=1S/C18HB10NS/c19-5-2-1-6(20)9(23)11(25)13(27)15(1)29-16(2)18-4(7(5)21)3-8(22)10(24)12(26)14(28)17(3)30-18/h29H. The van der Waals surface area contributed by atoms with Crippen LogP contribution in [0.5, 0.6) is 0 Å². The molecular formula is C18HB10NS. The molecule has 0 aliphatic rings. The fourth-order valence-corrected chi connectivity index (χ4v) is 5.41.